The Hall–Kier alpha value is -1.67. The molecule has 0 unspecified atom stereocenters. The zero-order valence-corrected chi connectivity index (χ0v) is 11.5. The van der Waals surface area contributed by atoms with Crippen LogP contribution in [0, 0.1) is 10.1 Å². The first-order valence-electron chi connectivity index (χ1n) is 5.24. The van der Waals surface area contributed by atoms with E-state index >= 15 is 0 Å². The van der Waals surface area contributed by atoms with Crippen LogP contribution in [0.5, 0.6) is 0 Å². The molecule has 0 fully saturated rings. The normalized spacial score (nSPS) is 11.1. The summed E-state index contributed by atoms with van der Waals surface area (Å²) < 4.78 is 22.3. The summed E-state index contributed by atoms with van der Waals surface area (Å²) in [5.41, 5.74) is -0.326. The van der Waals surface area contributed by atoms with Crippen molar-refractivity contribution in [1.29, 1.82) is 0 Å². The van der Waals surface area contributed by atoms with Gasteiger partial charge in [-0.05, 0) is 19.1 Å². The summed E-state index contributed by atoms with van der Waals surface area (Å²) in [7, 11) is 1.16. The summed E-state index contributed by atoms with van der Waals surface area (Å²) >= 11 is 0. The number of hydrogen-bond donors (Lipinski definition) is 1. The molecular weight excluding hydrogens is 296 g/mol. The van der Waals surface area contributed by atoms with Crippen LogP contribution in [-0.2, 0) is 20.3 Å². The largest absolute Gasteiger partial charge is 0.356 e. The van der Waals surface area contributed by atoms with E-state index < -0.39 is 19.9 Å². The van der Waals surface area contributed by atoms with Crippen LogP contribution >= 0.6 is 10.7 Å². The van der Waals surface area contributed by atoms with Crippen LogP contribution in [0.15, 0.2) is 23.1 Å². The minimum absolute atomic E-state index is 0.00215. The first kappa shape index (κ1) is 15.4. The lowest BCUT2D eigenvalue weighted by Gasteiger charge is -2.05. The second-order valence-electron chi connectivity index (χ2n) is 3.62. The fourth-order valence-corrected chi connectivity index (χ4v) is 2.27. The van der Waals surface area contributed by atoms with Gasteiger partial charge in [-0.15, -0.1) is 0 Å². The van der Waals surface area contributed by atoms with Gasteiger partial charge in [-0.2, -0.15) is 0 Å². The molecule has 1 aromatic rings. The Labute approximate surface area is 114 Å². The van der Waals surface area contributed by atoms with Gasteiger partial charge >= 0.3 is 0 Å². The van der Waals surface area contributed by atoms with Gasteiger partial charge in [-0.1, -0.05) is 0 Å². The van der Waals surface area contributed by atoms with Crippen molar-refractivity contribution in [3.63, 3.8) is 0 Å². The first-order valence-corrected chi connectivity index (χ1v) is 7.55. The molecule has 0 aliphatic carbocycles. The predicted octanol–water partition coefficient (Wildman–Crippen LogP) is 1.20. The number of carbonyl (C=O) groups excluding carboxylic acids is 1. The molecule has 0 bridgehead atoms. The minimum Gasteiger partial charge on any atom is -0.356 e. The lowest BCUT2D eigenvalue weighted by atomic mass is 10.1. The van der Waals surface area contributed by atoms with Crippen molar-refractivity contribution < 1.29 is 18.1 Å². The van der Waals surface area contributed by atoms with Crippen LogP contribution in [0.1, 0.15) is 12.5 Å². The van der Waals surface area contributed by atoms with Crippen molar-refractivity contribution in [2.24, 2.45) is 0 Å². The van der Waals surface area contributed by atoms with Crippen LogP contribution in [0.25, 0.3) is 0 Å². The molecule has 7 nitrogen and oxygen atoms in total. The summed E-state index contributed by atoms with van der Waals surface area (Å²) in [5, 5.41) is 13.3. The molecule has 0 heterocycles. The van der Waals surface area contributed by atoms with E-state index in [2.05, 4.69) is 5.32 Å². The van der Waals surface area contributed by atoms with Gasteiger partial charge < -0.3 is 5.32 Å². The third-order valence-corrected chi connectivity index (χ3v) is 3.61. The number of likely N-dealkylation sites (N-methyl/N-ethyl adjacent to an activating group) is 1. The van der Waals surface area contributed by atoms with E-state index in [4.69, 9.17) is 10.7 Å². The Balaban J connectivity index is 3.24. The van der Waals surface area contributed by atoms with Gasteiger partial charge in [-0.3, -0.25) is 14.9 Å². The fraction of sp³-hybridized carbons (Fsp3) is 0.300. The number of carbonyl (C=O) groups is 1. The summed E-state index contributed by atoms with van der Waals surface area (Å²) in [4.78, 5) is 21.3. The molecule has 0 saturated heterocycles. The number of benzene rings is 1. The third kappa shape index (κ3) is 4.18. The van der Waals surface area contributed by atoms with E-state index in [0.29, 0.717) is 6.54 Å². The molecule has 104 valence electrons. The highest BCUT2D eigenvalue weighted by atomic mass is 35.7. The van der Waals surface area contributed by atoms with Crippen molar-refractivity contribution in [3.8, 4) is 0 Å². The number of nitro groups is 1. The molecule has 1 amide bonds. The Morgan fingerprint density at radius 1 is 1.47 bits per heavy atom. The summed E-state index contributed by atoms with van der Waals surface area (Å²) in [5.74, 6) is -0.435. The van der Waals surface area contributed by atoms with E-state index in [-0.39, 0.29) is 22.6 Å². The molecule has 0 aromatic heterocycles. The Bertz CT molecular complexity index is 614. The second kappa shape index (κ2) is 5.98. The SMILES string of the molecule is CCNC(=O)Cc1cc(S(=O)(=O)Cl)ccc1[N+](=O)[O-]. The van der Waals surface area contributed by atoms with E-state index in [1.807, 2.05) is 0 Å². The van der Waals surface area contributed by atoms with Crippen LogP contribution in [0.2, 0.25) is 0 Å². The molecule has 0 aliphatic heterocycles. The molecule has 1 N–H and O–H groups in total. The zero-order valence-electron chi connectivity index (χ0n) is 9.92. The summed E-state index contributed by atoms with van der Waals surface area (Å²) in [6.45, 7) is 2.08. The molecule has 0 spiro atoms. The minimum atomic E-state index is -4.00. The Morgan fingerprint density at radius 2 is 2.11 bits per heavy atom. The lowest BCUT2D eigenvalue weighted by molar-refractivity contribution is -0.385. The number of nitrogens with one attached hydrogen (secondary N) is 1. The standard InChI is InChI=1S/C10H11ClN2O5S/c1-2-12-10(14)6-7-5-8(19(11,17)18)3-4-9(7)13(15)16/h3-5H,2,6H2,1H3,(H,12,14). The molecule has 1 aromatic carbocycles. The van der Waals surface area contributed by atoms with Crippen molar-refractivity contribution in [2.45, 2.75) is 18.2 Å². The first-order chi connectivity index (χ1) is 8.75. The average molecular weight is 307 g/mol. The molecule has 19 heavy (non-hydrogen) atoms. The van der Waals surface area contributed by atoms with E-state index in [0.717, 1.165) is 18.2 Å². The summed E-state index contributed by atoms with van der Waals surface area (Å²) in [6.07, 6.45) is -0.287. The van der Waals surface area contributed by atoms with Crippen LogP contribution < -0.4 is 5.32 Å². The molecule has 1 rings (SSSR count). The van der Waals surface area contributed by atoms with Gasteiger partial charge in [0, 0.05) is 28.9 Å². The van der Waals surface area contributed by atoms with Gasteiger partial charge in [0.1, 0.15) is 0 Å². The highest BCUT2D eigenvalue weighted by Crippen LogP contribution is 2.24. The topological polar surface area (TPSA) is 106 Å². The van der Waals surface area contributed by atoms with E-state index in [1.165, 1.54) is 0 Å². The van der Waals surface area contributed by atoms with Gasteiger partial charge in [0.15, 0.2) is 0 Å². The number of amides is 1. The molecule has 0 radical (unpaired) electrons. The van der Waals surface area contributed by atoms with Crippen LogP contribution in [0.4, 0.5) is 5.69 Å². The maximum Gasteiger partial charge on any atom is 0.273 e. The quantitative estimate of drug-likeness (QED) is 0.500. The van der Waals surface area contributed by atoms with Gasteiger partial charge in [0.05, 0.1) is 16.2 Å². The Kier molecular flexibility index (Phi) is 4.84. The maximum atomic E-state index is 11.4. The van der Waals surface area contributed by atoms with Crippen molar-refractivity contribution >= 4 is 31.3 Å². The Morgan fingerprint density at radius 3 is 2.58 bits per heavy atom. The number of rotatable bonds is 5. The number of nitrogens with zero attached hydrogens (tertiary/aromatic N) is 1. The monoisotopic (exact) mass is 306 g/mol. The maximum absolute atomic E-state index is 11.4. The van der Waals surface area contributed by atoms with Crippen LogP contribution in [0.3, 0.4) is 0 Å². The van der Waals surface area contributed by atoms with Crippen molar-refractivity contribution in [1.82, 2.24) is 5.32 Å². The number of hydrogen-bond acceptors (Lipinski definition) is 5. The fourth-order valence-electron chi connectivity index (χ4n) is 1.47. The molecule has 0 aliphatic rings. The third-order valence-electron chi connectivity index (χ3n) is 2.25. The van der Waals surface area contributed by atoms with E-state index in [1.54, 1.807) is 6.92 Å². The highest BCUT2D eigenvalue weighted by Gasteiger charge is 2.20. The number of halogens is 1. The van der Waals surface area contributed by atoms with E-state index in [9.17, 15) is 23.3 Å². The van der Waals surface area contributed by atoms with Gasteiger partial charge in [-0.25, -0.2) is 8.42 Å². The number of nitro benzene ring substituents is 1. The van der Waals surface area contributed by atoms with Gasteiger partial charge in [0.25, 0.3) is 14.7 Å². The molecule has 9 heteroatoms. The van der Waals surface area contributed by atoms with Crippen LogP contribution in [-0.4, -0.2) is 25.8 Å². The van der Waals surface area contributed by atoms with Gasteiger partial charge in [0.2, 0.25) is 5.91 Å². The van der Waals surface area contributed by atoms with Crippen molar-refractivity contribution in [2.75, 3.05) is 6.54 Å². The van der Waals surface area contributed by atoms with Crippen molar-refractivity contribution in [3.05, 3.63) is 33.9 Å². The molecular formula is C10H11ClN2O5S. The predicted molar refractivity (Wildman–Crippen MR) is 68.5 cm³/mol. The molecule has 0 saturated carbocycles. The molecule has 0 atom stereocenters. The summed E-state index contributed by atoms with van der Waals surface area (Å²) in [6, 6.07) is 3.08. The second-order valence-corrected chi connectivity index (χ2v) is 6.18. The lowest BCUT2D eigenvalue weighted by Crippen LogP contribution is -2.24. The smallest absolute Gasteiger partial charge is 0.273 e. The zero-order chi connectivity index (χ0) is 14.6. The highest BCUT2D eigenvalue weighted by molar-refractivity contribution is 8.13. The average Bonchev–Trinajstić information content (AvgIpc) is 2.27.